The Labute approximate surface area is 414 Å². The zero-order valence-electron chi connectivity index (χ0n) is 40.0. The Kier molecular flexibility index (Phi) is 21.2. The number of rotatable bonds is 25. The molecule has 0 atom stereocenters. The summed E-state index contributed by atoms with van der Waals surface area (Å²) in [5, 5.41) is 21.7. The first-order valence-corrected chi connectivity index (χ1v) is 26.4. The molecule has 0 spiro atoms. The van der Waals surface area contributed by atoms with Crippen LogP contribution in [-0.2, 0) is 41.1 Å². The molecule has 3 N–H and O–H groups in total. The molecule has 68 heavy (non-hydrogen) atoms. The van der Waals surface area contributed by atoms with E-state index in [4.69, 9.17) is 22.8 Å². The maximum atomic E-state index is 12.5. The van der Waals surface area contributed by atoms with Crippen LogP contribution in [0.4, 0.5) is 11.4 Å². The van der Waals surface area contributed by atoms with Crippen molar-refractivity contribution in [3.63, 3.8) is 0 Å². The number of halogens is 1. The largest absolute Gasteiger partial charge is 1.00 e. The Morgan fingerprint density at radius 1 is 0.632 bits per heavy atom. The fourth-order valence-corrected chi connectivity index (χ4v) is 11.0. The first-order chi connectivity index (χ1) is 31.9. The van der Waals surface area contributed by atoms with Crippen LogP contribution in [0.25, 0.3) is 21.5 Å². The molecule has 0 fully saturated rings. The SMILES string of the molecule is CC1(C)C(/C=C/C=C2\N(CCCCCCCCCCC(=O)O)c3ccc4ccccc4c3C2(C)C)=[N+](CCCCCCCCCCC(=O)O)c2ccc3c(S(=O)(=O)O)cccc3c21.O=S(=O)=O.[Br-]. The molecule has 0 amide bonds. The molecule has 0 aromatic heterocycles. The molecule has 0 radical (unpaired) electrons. The van der Waals surface area contributed by atoms with Gasteiger partial charge in [0.05, 0.1) is 5.41 Å². The lowest BCUT2D eigenvalue weighted by Gasteiger charge is -2.27. The lowest BCUT2D eigenvalue weighted by atomic mass is 9.79. The van der Waals surface area contributed by atoms with Gasteiger partial charge in [-0.1, -0.05) is 133 Å². The first kappa shape index (κ1) is 55.9. The Bertz CT molecular complexity index is 2720. The van der Waals surface area contributed by atoms with Crippen molar-refractivity contribution >= 4 is 71.3 Å². The summed E-state index contributed by atoms with van der Waals surface area (Å²) >= 11 is 0. The summed E-state index contributed by atoms with van der Waals surface area (Å²) in [5.41, 5.74) is 6.41. The minimum Gasteiger partial charge on any atom is -1.00 e. The highest BCUT2D eigenvalue weighted by molar-refractivity contribution is 7.86. The number of hydrogen-bond acceptors (Lipinski definition) is 8. The van der Waals surface area contributed by atoms with Gasteiger partial charge in [0.25, 0.3) is 10.1 Å². The Morgan fingerprint density at radius 2 is 1.16 bits per heavy atom. The first-order valence-electron chi connectivity index (χ1n) is 23.9. The van der Waals surface area contributed by atoms with E-state index in [0.29, 0.717) is 5.39 Å². The van der Waals surface area contributed by atoms with Crippen molar-refractivity contribution in [1.82, 2.24) is 0 Å². The van der Waals surface area contributed by atoms with Gasteiger partial charge in [-0.2, -0.15) is 13.0 Å². The van der Waals surface area contributed by atoms with E-state index < -0.39 is 38.1 Å². The van der Waals surface area contributed by atoms with Gasteiger partial charge < -0.3 is 32.1 Å². The Hall–Kier alpha value is -4.70. The summed E-state index contributed by atoms with van der Waals surface area (Å²) in [7, 11) is -7.54. The number of unbranched alkanes of at least 4 members (excludes halogenated alkanes) is 14. The molecule has 0 unspecified atom stereocenters. The maximum Gasteiger partial charge on any atom is 0.425 e. The van der Waals surface area contributed by atoms with Gasteiger partial charge >= 0.3 is 22.5 Å². The fourth-order valence-electron chi connectivity index (χ4n) is 10.3. The van der Waals surface area contributed by atoms with Gasteiger partial charge in [-0.05, 0) is 85.5 Å². The molecule has 4 aromatic rings. The molecule has 370 valence electrons. The van der Waals surface area contributed by atoms with Crippen LogP contribution in [0.2, 0.25) is 0 Å². The summed E-state index contributed by atoms with van der Waals surface area (Å²) in [6.07, 6.45) is 24.0. The van der Waals surface area contributed by atoms with Crippen molar-refractivity contribution in [3.05, 3.63) is 102 Å². The van der Waals surface area contributed by atoms with Gasteiger partial charge in [0.15, 0.2) is 5.71 Å². The third-order valence-electron chi connectivity index (χ3n) is 13.4. The lowest BCUT2D eigenvalue weighted by Crippen LogP contribution is -3.00. The Morgan fingerprint density at radius 3 is 1.74 bits per heavy atom. The second kappa shape index (κ2) is 25.8. The van der Waals surface area contributed by atoms with Crippen LogP contribution in [0, 0.1) is 0 Å². The monoisotopic (exact) mass is 1040 g/mol. The molecule has 2 aliphatic heterocycles. The van der Waals surface area contributed by atoms with E-state index in [1.165, 1.54) is 46.6 Å². The number of aliphatic carboxylic acids is 2. The summed E-state index contributed by atoms with van der Waals surface area (Å²) < 4.78 is 63.0. The molecule has 0 aliphatic carbocycles. The van der Waals surface area contributed by atoms with Crippen molar-refractivity contribution in [3.8, 4) is 0 Å². The van der Waals surface area contributed by atoms with Gasteiger partial charge in [0.2, 0.25) is 5.69 Å². The number of carboxylic acid groups (broad SMARTS) is 2. The zero-order chi connectivity index (χ0) is 48.8. The normalized spacial score (nSPS) is 15.4. The highest BCUT2D eigenvalue weighted by atomic mass is 79.9. The quantitative estimate of drug-likeness (QED) is 0.0327. The van der Waals surface area contributed by atoms with Gasteiger partial charge in [0.1, 0.15) is 11.4 Å². The van der Waals surface area contributed by atoms with E-state index in [9.17, 15) is 22.6 Å². The summed E-state index contributed by atoms with van der Waals surface area (Å²) in [5.74, 6) is -1.43. The molecule has 0 bridgehead atoms. The molecule has 0 saturated carbocycles. The average Bonchev–Trinajstić information content (AvgIpc) is 3.62. The number of hydrogen-bond donors (Lipinski definition) is 3. The fraction of sp³-hybridized carbons (Fsp3) is 0.491. The highest BCUT2D eigenvalue weighted by Crippen LogP contribution is 2.51. The van der Waals surface area contributed by atoms with E-state index in [0.717, 1.165) is 125 Å². The highest BCUT2D eigenvalue weighted by Gasteiger charge is 2.46. The number of carboxylic acids is 2. The number of anilines is 1. The third-order valence-corrected chi connectivity index (χ3v) is 14.3. The van der Waals surface area contributed by atoms with Crippen LogP contribution < -0.4 is 21.9 Å². The number of benzene rings is 4. The number of nitrogens with zero attached hydrogens (tertiary/aromatic N) is 2. The van der Waals surface area contributed by atoms with E-state index in [-0.39, 0.29) is 40.1 Å². The summed E-state index contributed by atoms with van der Waals surface area (Å²) in [4.78, 5) is 24.2. The smallest absolute Gasteiger partial charge is 0.425 e. The van der Waals surface area contributed by atoms with Crippen LogP contribution in [0.3, 0.4) is 0 Å². The minimum atomic E-state index is -4.43. The Balaban J connectivity index is 0.00000194. The molecule has 0 saturated heterocycles. The van der Waals surface area contributed by atoms with Gasteiger partial charge in [-0.25, -0.2) is 0 Å². The number of carbonyl (C=O) groups is 2. The molecule has 15 heteroatoms. The second-order valence-corrected chi connectivity index (χ2v) is 20.8. The van der Waals surface area contributed by atoms with Gasteiger partial charge in [-0.15, -0.1) is 12.6 Å². The van der Waals surface area contributed by atoms with Gasteiger partial charge in [0, 0.05) is 65.7 Å². The van der Waals surface area contributed by atoms with Crippen molar-refractivity contribution in [2.45, 2.75) is 159 Å². The molecule has 12 nitrogen and oxygen atoms in total. The molecular formula is C53H69BrN2O10S2. The van der Waals surface area contributed by atoms with E-state index in [1.807, 2.05) is 18.2 Å². The van der Waals surface area contributed by atoms with Crippen molar-refractivity contribution in [1.29, 1.82) is 0 Å². The summed E-state index contributed by atoms with van der Waals surface area (Å²) in [6, 6.07) is 22.2. The molecule has 4 aromatic carbocycles. The van der Waals surface area contributed by atoms with Crippen LogP contribution >= 0.6 is 0 Å². The lowest BCUT2D eigenvalue weighted by molar-refractivity contribution is -0.438. The average molecular weight is 1040 g/mol. The summed E-state index contributed by atoms with van der Waals surface area (Å²) in [6.45, 7) is 10.8. The van der Waals surface area contributed by atoms with Gasteiger partial charge in [-0.3, -0.25) is 14.1 Å². The van der Waals surface area contributed by atoms with E-state index in [2.05, 4.69) is 91.8 Å². The van der Waals surface area contributed by atoms with Crippen LogP contribution in [0.1, 0.15) is 154 Å². The third kappa shape index (κ3) is 14.4. The second-order valence-electron chi connectivity index (χ2n) is 19.0. The van der Waals surface area contributed by atoms with Crippen molar-refractivity contribution in [2.75, 3.05) is 18.0 Å². The van der Waals surface area contributed by atoms with E-state index >= 15 is 0 Å². The standard InChI is InChI=1S/C53H68N2O7S.BrH.O3S/c1-52(2)46(54(37-21-15-11-7-5-9-13-17-31-48(56)57)43-35-33-39-25-19-20-26-40(39)50(43)52)29-24-30-47-53(3,4)51-42-27-23-28-45(63(60,61)62)41(42)34-36-44(51)55(47)38-22-16-12-8-6-10-14-18-32-49(58)59;;1-4(2)3/h19-20,23-30,33-36H,5-18,21-22,31-32,37-38H2,1-4H3,(H2-,56,57,58,59,60,61,62);1H;. The maximum absolute atomic E-state index is 12.5. The minimum absolute atomic E-state index is 0. The molecule has 2 aliphatic rings. The van der Waals surface area contributed by atoms with Crippen LogP contribution in [-0.4, -0.2) is 71.1 Å². The molecule has 6 rings (SSSR count). The molecule has 2 heterocycles. The zero-order valence-corrected chi connectivity index (χ0v) is 43.2. The molecular weight excluding hydrogens is 969 g/mol. The van der Waals surface area contributed by atoms with Crippen LogP contribution in [0.5, 0.6) is 0 Å². The van der Waals surface area contributed by atoms with Crippen molar-refractivity contribution < 1.29 is 67.0 Å². The number of allylic oxidation sites excluding steroid dienone is 4. The van der Waals surface area contributed by atoms with Crippen LogP contribution in [0.15, 0.2) is 95.6 Å². The van der Waals surface area contributed by atoms with Crippen molar-refractivity contribution in [2.24, 2.45) is 0 Å². The number of fused-ring (bicyclic) bond motifs is 6. The van der Waals surface area contributed by atoms with E-state index in [1.54, 1.807) is 6.07 Å². The topological polar surface area (TPSA) is 186 Å². The predicted molar refractivity (Wildman–Crippen MR) is 266 cm³/mol. The predicted octanol–water partition coefficient (Wildman–Crippen LogP) is 9.04.